The van der Waals surface area contributed by atoms with Gasteiger partial charge in [-0.1, -0.05) is 30.7 Å². The maximum atomic E-state index is 13.3. The largest absolute Gasteiger partial charge is 0.467 e. The lowest BCUT2D eigenvalue weighted by molar-refractivity contribution is -0.140. The average Bonchev–Trinajstić information content (AvgIpc) is 3.53. The molecule has 4 amide bonds. The van der Waals surface area contributed by atoms with Gasteiger partial charge in [-0.25, -0.2) is 9.80 Å². The van der Waals surface area contributed by atoms with Crippen LogP contribution in [0.15, 0.2) is 52.2 Å². The van der Waals surface area contributed by atoms with Crippen LogP contribution < -0.4 is 5.32 Å². The van der Waals surface area contributed by atoms with Gasteiger partial charge in [0.1, 0.15) is 23.9 Å². The monoisotopic (exact) mass is 468 g/mol. The van der Waals surface area contributed by atoms with Crippen LogP contribution in [0.2, 0.25) is 5.02 Å². The van der Waals surface area contributed by atoms with E-state index < -0.39 is 23.5 Å². The highest BCUT2D eigenvalue weighted by molar-refractivity contribution is 6.30. The van der Waals surface area contributed by atoms with Gasteiger partial charge in [0.2, 0.25) is 0 Å². The molecular formula is C24H25ClN4O4. The van der Waals surface area contributed by atoms with Crippen LogP contribution in [0.1, 0.15) is 56.4 Å². The molecule has 0 bridgehead atoms. The molecule has 1 saturated carbocycles. The fourth-order valence-corrected chi connectivity index (χ4v) is 5.01. The molecular weight excluding hydrogens is 444 g/mol. The molecule has 1 atom stereocenters. The summed E-state index contributed by atoms with van der Waals surface area (Å²) in [6.07, 6.45) is 4.93. The van der Waals surface area contributed by atoms with Crippen LogP contribution in [0.5, 0.6) is 0 Å². The number of carbonyl (C=O) groups excluding carboxylic acids is 3. The second kappa shape index (κ2) is 8.33. The van der Waals surface area contributed by atoms with Crippen LogP contribution in [0, 0.1) is 5.92 Å². The molecule has 1 aromatic heterocycles. The molecule has 2 aliphatic heterocycles. The molecule has 1 aliphatic carbocycles. The average molecular weight is 469 g/mol. The fraction of sp³-hybridized carbons (Fsp3) is 0.417. The molecule has 1 spiro atoms. The molecule has 9 heteroatoms. The molecule has 5 rings (SSSR count). The lowest BCUT2D eigenvalue weighted by Crippen LogP contribution is -2.49. The first kappa shape index (κ1) is 21.7. The lowest BCUT2D eigenvalue weighted by atomic mass is 9.77. The molecule has 1 aromatic carbocycles. The van der Waals surface area contributed by atoms with Gasteiger partial charge in [0.05, 0.1) is 12.0 Å². The van der Waals surface area contributed by atoms with E-state index in [0.717, 1.165) is 23.3 Å². The van der Waals surface area contributed by atoms with E-state index in [1.54, 1.807) is 30.5 Å². The summed E-state index contributed by atoms with van der Waals surface area (Å²) >= 11 is 6.00. The number of benzene rings is 1. The third-order valence-electron chi connectivity index (χ3n) is 6.88. The maximum absolute atomic E-state index is 13.3. The van der Waals surface area contributed by atoms with Crippen LogP contribution >= 0.6 is 11.6 Å². The van der Waals surface area contributed by atoms with Crippen LogP contribution in [0.3, 0.4) is 0 Å². The molecule has 172 valence electrons. The minimum absolute atomic E-state index is 0.316. The third kappa shape index (κ3) is 3.93. The Kier molecular flexibility index (Phi) is 5.48. The Morgan fingerprint density at radius 1 is 1.21 bits per heavy atom. The Bertz CT molecular complexity index is 1100. The van der Waals surface area contributed by atoms with Crippen molar-refractivity contribution in [2.75, 3.05) is 6.54 Å². The Morgan fingerprint density at radius 3 is 2.61 bits per heavy atom. The van der Waals surface area contributed by atoms with Crippen molar-refractivity contribution in [2.24, 2.45) is 11.0 Å². The fourth-order valence-electron chi connectivity index (χ4n) is 4.88. The van der Waals surface area contributed by atoms with Gasteiger partial charge in [-0.3, -0.25) is 14.5 Å². The SMILES string of the molecule is CC1CCC2(CC1)NC(=O)N(CC(=O)N1N=C(c3ccc(Cl)cc3)CC1c1ccco1)C2=O. The number of hydrogen-bond donors (Lipinski definition) is 1. The number of hydrogen-bond acceptors (Lipinski definition) is 5. The molecule has 3 heterocycles. The number of urea groups is 1. The summed E-state index contributed by atoms with van der Waals surface area (Å²) in [6.45, 7) is 1.78. The molecule has 1 N–H and O–H groups in total. The van der Waals surface area contributed by atoms with E-state index in [9.17, 15) is 14.4 Å². The van der Waals surface area contributed by atoms with Crippen molar-refractivity contribution in [1.29, 1.82) is 0 Å². The van der Waals surface area contributed by atoms with Gasteiger partial charge in [-0.15, -0.1) is 0 Å². The summed E-state index contributed by atoms with van der Waals surface area (Å²) in [5, 5.41) is 9.36. The Morgan fingerprint density at radius 2 is 1.94 bits per heavy atom. The molecule has 2 fully saturated rings. The highest BCUT2D eigenvalue weighted by Gasteiger charge is 2.53. The number of halogens is 1. The van der Waals surface area contributed by atoms with Crippen LogP contribution in [0.25, 0.3) is 0 Å². The van der Waals surface area contributed by atoms with Gasteiger partial charge in [-0.2, -0.15) is 5.10 Å². The summed E-state index contributed by atoms with van der Waals surface area (Å²) < 4.78 is 5.57. The quantitative estimate of drug-likeness (QED) is 0.683. The maximum Gasteiger partial charge on any atom is 0.325 e. The van der Waals surface area contributed by atoms with Crippen molar-refractivity contribution >= 4 is 35.2 Å². The van der Waals surface area contributed by atoms with Crippen molar-refractivity contribution in [2.45, 2.75) is 50.6 Å². The van der Waals surface area contributed by atoms with E-state index in [1.165, 1.54) is 5.01 Å². The Hall–Kier alpha value is -3.13. The van der Waals surface area contributed by atoms with Crippen molar-refractivity contribution in [3.8, 4) is 0 Å². The first-order chi connectivity index (χ1) is 15.9. The predicted octanol–water partition coefficient (Wildman–Crippen LogP) is 4.11. The summed E-state index contributed by atoms with van der Waals surface area (Å²) in [6, 6.07) is 9.80. The summed E-state index contributed by atoms with van der Waals surface area (Å²) in [4.78, 5) is 40.2. The third-order valence-corrected chi connectivity index (χ3v) is 7.13. The van der Waals surface area contributed by atoms with Crippen molar-refractivity contribution in [3.05, 3.63) is 59.0 Å². The van der Waals surface area contributed by atoms with Crippen LogP contribution in [0.4, 0.5) is 4.79 Å². The standard InChI is InChI=1S/C24H25ClN4O4/c1-15-8-10-24(11-9-15)22(31)28(23(32)26-24)14-21(30)29-19(20-3-2-12-33-20)13-18(27-29)16-4-6-17(25)7-5-16/h2-7,12,15,19H,8-11,13-14H2,1H3,(H,26,32). The van der Waals surface area contributed by atoms with Gasteiger partial charge in [0, 0.05) is 11.4 Å². The van der Waals surface area contributed by atoms with Crippen molar-refractivity contribution < 1.29 is 18.8 Å². The molecule has 1 saturated heterocycles. The highest BCUT2D eigenvalue weighted by atomic mass is 35.5. The first-order valence-electron chi connectivity index (χ1n) is 11.2. The smallest absolute Gasteiger partial charge is 0.325 e. The molecule has 3 aliphatic rings. The zero-order valence-corrected chi connectivity index (χ0v) is 19.0. The lowest BCUT2D eigenvalue weighted by Gasteiger charge is -2.33. The van der Waals surface area contributed by atoms with Gasteiger partial charge in [-0.05, 0) is 61.4 Å². The summed E-state index contributed by atoms with van der Waals surface area (Å²) in [7, 11) is 0. The van der Waals surface area contributed by atoms with E-state index in [2.05, 4.69) is 17.3 Å². The van der Waals surface area contributed by atoms with Gasteiger partial charge in [0.25, 0.3) is 11.8 Å². The summed E-state index contributed by atoms with van der Waals surface area (Å²) in [5.41, 5.74) is 0.667. The number of rotatable bonds is 4. The Labute approximate surface area is 196 Å². The number of hydrazone groups is 1. The predicted molar refractivity (Wildman–Crippen MR) is 122 cm³/mol. The molecule has 1 unspecified atom stereocenters. The van der Waals surface area contributed by atoms with Gasteiger partial charge >= 0.3 is 6.03 Å². The summed E-state index contributed by atoms with van der Waals surface area (Å²) in [5.74, 6) is 0.356. The number of carbonyl (C=O) groups is 3. The zero-order chi connectivity index (χ0) is 23.2. The van der Waals surface area contributed by atoms with E-state index in [4.69, 9.17) is 16.0 Å². The molecule has 33 heavy (non-hydrogen) atoms. The van der Waals surface area contributed by atoms with Crippen molar-refractivity contribution in [1.82, 2.24) is 15.2 Å². The second-order valence-electron chi connectivity index (χ2n) is 9.11. The minimum Gasteiger partial charge on any atom is -0.467 e. The minimum atomic E-state index is -0.882. The van der Waals surface area contributed by atoms with Crippen LogP contribution in [-0.2, 0) is 9.59 Å². The number of imide groups is 1. The number of nitrogens with zero attached hydrogens (tertiary/aromatic N) is 3. The number of furan rings is 1. The van der Waals surface area contributed by atoms with E-state index in [0.29, 0.717) is 41.7 Å². The molecule has 0 radical (unpaired) electrons. The van der Waals surface area contributed by atoms with Crippen molar-refractivity contribution in [3.63, 3.8) is 0 Å². The normalized spacial score (nSPS) is 27.3. The van der Waals surface area contributed by atoms with Gasteiger partial charge < -0.3 is 9.73 Å². The number of amides is 4. The second-order valence-corrected chi connectivity index (χ2v) is 9.55. The van der Waals surface area contributed by atoms with Crippen LogP contribution in [-0.4, -0.2) is 45.5 Å². The van der Waals surface area contributed by atoms with E-state index in [1.807, 2.05) is 12.1 Å². The highest BCUT2D eigenvalue weighted by Crippen LogP contribution is 2.37. The van der Waals surface area contributed by atoms with E-state index >= 15 is 0 Å². The molecule has 2 aromatic rings. The zero-order valence-electron chi connectivity index (χ0n) is 18.3. The Balaban J connectivity index is 1.38. The van der Waals surface area contributed by atoms with E-state index in [-0.39, 0.29) is 12.5 Å². The number of nitrogens with one attached hydrogen (secondary N) is 1. The first-order valence-corrected chi connectivity index (χ1v) is 11.6. The van der Waals surface area contributed by atoms with Gasteiger partial charge in [0.15, 0.2) is 0 Å². The molecule has 8 nitrogen and oxygen atoms in total. The topological polar surface area (TPSA) is 95.2 Å².